The third-order valence-electron chi connectivity index (χ3n) is 6.44. The van der Waals surface area contributed by atoms with Crippen LogP contribution in [0.3, 0.4) is 0 Å². The molecule has 3 aromatic heterocycles. The standard InChI is InChI=1S/C25H25N9O2/c1-3-4-12-33-22-21(30-25(33)32-11-7-8-16(27)14-32)23(35)31(2)34(24(22)36)15-20-28-18-10-6-5-9-17(18)19(13-26)29-20/h5-6,9-10,16H,7-8,11-12,14-15,27H2,1-2H3. The Morgan fingerprint density at radius 2 is 1.97 bits per heavy atom. The first kappa shape index (κ1) is 23.3. The lowest BCUT2D eigenvalue weighted by Gasteiger charge is -2.31. The van der Waals surface area contributed by atoms with E-state index in [0.717, 1.165) is 19.4 Å². The highest BCUT2D eigenvalue weighted by atomic mass is 16.2. The molecule has 0 radical (unpaired) electrons. The third kappa shape index (κ3) is 3.89. The molecular weight excluding hydrogens is 458 g/mol. The van der Waals surface area contributed by atoms with Crippen LogP contribution in [-0.4, -0.2) is 48.0 Å². The summed E-state index contributed by atoms with van der Waals surface area (Å²) in [6.45, 7) is 3.15. The van der Waals surface area contributed by atoms with Crippen LogP contribution < -0.4 is 21.8 Å². The molecule has 182 valence electrons. The van der Waals surface area contributed by atoms with Crippen molar-refractivity contribution in [1.29, 1.82) is 5.26 Å². The zero-order chi connectivity index (χ0) is 25.4. The van der Waals surface area contributed by atoms with E-state index in [-0.39, 0.29) is 41.7 Å². The van der Waals surface area contributed by atoms with Crippen molar-refractivity contribution in [2.75, 3.05) is 18.0 Å². The van der Waals surface area contributed by atoms with Gasteiger partial charge in [0.25, 0.3) is 11.1 Å². The van der Waals surface area contributed by atoms with Gasteiger partial charge in [0.1, 0.15) is 18.1 Å². The minimum absolute atomic E-state index is 0.0110. The summed E-state index contributed by atoms with van der Waals surface area (Å²) in [5, 5.41) is 10.2. The smallest absolute Gasteiger partial charge is 0.293 e. The topological polar surface area (TPSA) is 141 Å². The van der Waals surface area contributed by atoms with E-state index >= 15 is 0 Å². The fourth-order valence-corrected chi connectivity index (χ4v) is 4.66. The lowest BCUT2D eigenvalue weighted by molar-refractivity contribution is 0.490. The van der Waals surface area contributed by atoms with Crippen molar-refractivity contribution in [3.05, 3.63) is 56.5 Å². The molecule has 1 atom stereocenters. The minimum Gasteiger partial charge on any atom is -0.341 e. The van der Waals surface area contributed by atoms with Crippen molar-refractivity contribution in [3.8, 4) is 17.9 Å². The van der Waals surface area contributed by atoms with E-state index in [4.69, 9.17) is 5.73 Å². The first-order valence-corrected chi connectivity index (χ1v) is 11.7. The molecule has 4 heterocycles. The molecule has 2 N–H and O–H groups in total. The molecule has 1 aromatic carbocycles. The van der Waals surface area contributed by atoms with Gasteiger partial charge in [-0.25, -0.2) is 24.3 Å². The van der Waals surface area contributed by atoms with Crippen molar-refractivity contribution in [2.24, 2.45) is 12.8 Å². The average Bonchev–Trinajstić information content (AvgIpc) is 3.28. The van der Waals surface area contributed by atoms with Gasteiger partial charge in [0.2, 0.25) is 5.95 Å². The van der Waals surface area contributed by atoms with Crippen LogP contribution in [0, 0.1) is 23.2 Å². The summed E-state index contributed by atoms with van der Waals surface area (Å²) >= 11 is 0. The van der Waals surface area contributed by atoms with Crippen LogP contribution in [-0.2, 0) is 20.1 Å². The Labute approximate surface area is 206 Å². The summed E-state index contributed by atoms with van der Waals surface area (Å²) in [6.07, 6.45) is 1.81. The summed E-state index contributed by atoms with van der Waals surface area (Å²) in [6, 6.07) is 9.25. The fraction of sp³-hybridized carbons (Fsp3) is 0.360. The Hall–Kier alpha value is -4.48. The highest BCUT2D eigenvalue weighted by Gasteiger charge is 2.26. The van der Waals surface area contributed by atoms with Crippen molar-refractivity contribution in [1.82, 2.24) is 28.9 Å². The van der Waals surface area contributed by atoms with Crippen LogP contribution in [0.15, 0.2) is 33.9 Å². The maximum absolute atomic E-state index is 13.8. The molecule has 0 amide bonds. The third-order valence-corrected chi connectivity index (χ3v) is 6.44. The van der Waals surface area contributed by atoms with Gasteiger partial charge < -0.3 is 10.6 Å². The molecule has 0 spiro atoms. The van der Waals surface area contributed by atoms with Gasteiger partial charge in [-0.3, -0.25) is 14.2 Å². The van der Waals surface area contributed by atoms with Crippen molar-refractivity contribution in [2.45, 2.75) is 38.9 Å². The van der Waals surface area contributed by atoms with Crippen LogP contribution >= 0.6 is 0 Å². The van der Waals surface area contributed by atoms with Gasteiger partial charge in [0, 0.05) is 31.6 Å². The molecule has 0 bridgehead atoms. The van der Waals surface area contributed by atoms with E-state index in [1.54, 1.807) is 23.6 Å². The molecule has 11 heteroatoms. The number of piperidine rings is 1. The van der Waals surface area contributed by atoms with Crippen LogP contribution in [0.1, 0.15) is 31.3 Å². The molecule has 4 aromatic rings. The number of fused-ring (bicyclic) bond motifs is 2. The SMILES string of the molecule is CC#CCn1c(N2CCCC(N)C2)nc2c(=O)n(C)n(Cc3nc(C#N)c4ccccc4n3)c(=O)c21. The summed E-state index contributed by atoms with van der Waals surface area (Å²) in [5.74, 6) is 6.62. The molecule has 1 aliphatic heterocycles. The second kappa shape index (κ2) is 9.29. The van der Waals surface area contributed by atoms with E-state index in [0.29, 0.717) is 23.4 Å². The number of anilines is 1. The Kier molecular flexibility index (Phi) is 6.00. The number of nitrogens with zero attached hydrogens (tertiary/aromatic N) is 8. The molecule has 5 rings (SSSR count). The van der Waals surface area contributed by atoms with Crippen molar-refractivity contribution < 1.29 is 0 Å². The number of rotatable bonds is 4. The number of nitriles is 1. The van der Waals surface area contributed by atoms with Crippen LogP contribution in [0.5, 0.6) is 0 Å². The largest absolute Gasteiger partial charge is 0.341 e. The number of para-hydroxylation sites is 1. The van der Waals surface area contributed by atoms with E-state index < -0.39 is 11.1 Å². The number of hydrogen-bond donors (Lipinski definition) is 1. The zero-order valence-corrected chi connectivity index (χ0v) is 20.1. The van der Waals surface area contributed by atoms with E-state index in [9.17, 15) is 14.9 Å². The minimum atomic E-state index is -0.420. The molecule has 1 saturated heterocycles. The number of benzene rings is 1. The number of hydrogen-bond acceptors (Lipinski definition) is 8. The van der Waals surface area contributed by atoms with Gasteiger partial charge in [-0.2, -0.15) is 5.26 Å². The van der Waals surface area contributed by atoms with Crippen LogP contribution in [0.25, 0.3) is 21.9 Å². The summed E-state index contributed by atoms with van der Waals surface area (Å²) in [5.41, 5.74) is 6.41. The Morgan fingerprint density at radius 1 is 1.17 bits per heavy atom. The summed E-state index contributed by atoms with van der Waals surface area (Å²) in [4.78, 5) is 42.7. The van der Waals surface area contributed by atoms with Gasteiger partial charge in [0.15, 0.2) is 17.0 Å². The van der Waals surface area contributed by atoms with Crippen LogP contribution in [0.2, 0.25) is 0 Å². The van der Waals surface area contributed by atoms with Gasteiger partial charge in [-0.05, 0) is 31.9 Å². The monoisotopic (exact) mass is 483 g/mol. The molecule has 1 aliphatic rings. The number of imidazole rings is 1. The lowest BCUT2D eigenvalue weighted by atomic mass is 10.1. The second-order valence-corrected chi connectivity index (χ2v) is 8.78. The molecule has 36 heavy (non-hydrogen) atoms. The molecule has 1 unspecified atom stereocenters. The predicted molar refractivity (Wildman–Crippen MR) is 135 cm³/mol. The van der Waals surface area contributed by atoms with Gasteiger partial charge in [-0.1, -0.05) is 18.1 Å². The second-order valence-electron chi connectivity index (χ2n) is 8.78. The number of aromatic nitrogens is 6. The van der Waals surface area contributed by atoms with Crippen molar-refractivity contribution >= 4 is 27.9 Å². The lowest BCUT2D eigenvalue weighted by Crippen LogP contribution is -2.44. The quantitative estimate of drug-likeness (QED) is 0.419. The molecular formula is C25H25N9O2. The van der Waals surface area contributed by atoms with Crippen molar-refractivity contribution in [3.63, 3.8) is 0 Å². The highest BCUT2D eigenvalue weighted by Crippen LogP contribution is 2.22. The molecule has 0 aliphatic carbocycles. The zero-order valence-electron chi connectivity index (χ0n) is 20.1. The molecule has 0 saturated carbocycles. The van der Waals surface area contributed by atoms with Crippen LogP contribution in [0.4, 0.5) is 5.95 Å². The predicted octanol–water partition coefficient (Wildman–Crippen LogP) is 0.711. The van der Waals surface area contributed by atoms with Gasteiger partial charge >= 0.3 is 0 Å². The normalized spacial score (nSPS) is 15.6. The Bertz CT molecular complexity index is 1710. The van der Waals surface area contributed by atoms with E-state index in [1.807, 2.05) is 17.0 Å². The first-order chi connectivity index (χ1) is 17.4. The Morgan fingerprint density at radius 3 is 2.72 bits per heavy atom. The number of nitrogens with two attached hydrogens (primary N) is 1. The molecule has 11 nitrogen and oxygen atoms in total. The maximum atomic E-state index is 13.8. The fourth-order valence-electron chi connectivity index (χ4n) is 4.66. The van der Waals surface area contributed by atoms with E-state index in [2.05, 4.69) is 32.9 Å². The van der Waals surface area contributed by atoms with E-state index in [1.165, 1.54) is 16.4 Å². The summed E-state index contributed by atoms with van der Waals surface area (Å²) in [7, 11) is 1.51. The Balaban J connectivity index is 1.70. The molecule has 1 fully saturated rings. The average molecular weight is 484 g/mol. The van der Waals surface area contributed by atoms with Gasteiger partial charge in [0.05, 0.1) is 12.1 Å². The highest BCUT2D eigenvalue weighted by molar-refractivity contribution is 5.83. The summed E-state index contributed by atoms with van der Waals surface area (Å²) < 4.78 is 4.20. The first-order valence-electron chi connectivity index (χ1n) is 11.7. The van der Waals surface area contributed by atoms with Gasteiger partial charge in [-0.15, -0.1) is 5.92 Å². The maximum Gasteiger partial charge on any atom is 0.293 e.